The normalized spacial score (nSPS) is 10.9. The Kier molecular flexibility index (Phi) is 5.07. The highest BCUT2D eigenvalue weighted by Gasteiger charge is 2.15. The van der Waals surface area contributed by atoms with Crippen LogP contribution in [-0.4, -0.2) is 19.4 Å². The van der Waals surface area contributed by atoms with Gasteiger partial charge in [-0.25, -0.2) is 19.3 Å². The predicted octanol–water partition coefficient (Wildman–Crippen LogP) is 4.80. The molecule has 0 saturated heterocycles. The van der Waals surface area contributed by atoms with E-state index in [0.29, 0.717) is 27.8 Å². The zero-order valence-corrected chi connectivity index (χ0v) is 17.2. The molecule has 0 spiro atoms. The first-order chi connectivity index (χ1) is 13.6. The largest absolute Gasteiger partial charge is 0.356 e. The number of aromatic nitrogens is 4. The summed E-state index contributed by atoms with van der Waals surface area (Å²) in [5, 5.41) is 13.4. The lowest BCUT2D eigenvalue weighted by Gasteiger charge is -2.05. The van der Waals surface area contributed by atoms with Gasteiger partial charge in [-0.15, -0.1) is 0 Å². The Morgan fingerprint density at radius 1 is 1.29 bits per heavy atom. The Balaban J connectivity index is 1.64. The molecule has 6 nitrogen and oxygen atoms in total. The number of nitrogens with zero attached hydrogens (tertiary/aromatic N) is 5. The molecule has 0 aliphatic carbocycles. The molecule has 0 aliphatic heterocycles. The molecule has 0 bridgehead atoms. The van der Waals surface area contributed by atoms with Gasteiger partial charge in [-0.1, -0.05) is 18.3 Å². The topological polar surface area (TPSA) is 78.9 Å². The number of aryl methyl sites for hydroxylation is 1. The van der Waals surface area contributed by atoms with Crippen LogP contribution in [-0.2, 0) is 13.0 Å². The molecule has 3 heterocycles. The Morgan fingerprint density at radius 3 is 2.79 bits per heavy atom. The Hall–Kier alpha value is -2.83. The zero-order chi connectivity index (χ0) is 19.7. The summed E-state index contributed by atoms with van der Waals surface area (Å²) < 4.78 is 15.9. The zero-order valence-electron chi connectivity index (χ0n) is 14.8. The van der Waals surface area contributed by atoms with E-state index in [2.05, 4.69) is 49.2 Å². The molecule has 0 aliphatic rings. The summed E-state index contributed by atoms with van der Waals surface area (Å²) in [5.74, 6) is -0.323. The van der Waals surface area contributed by atoms with Crippen LogP contribution in [0.25, 0.3) is 16.9 Å². The van der Waals surface area contributed by atoms with Gasteiger partial charge in [0.2, 0.25) is 0 Å². The minimum atomic E-state index is -0.323. The molecule has 0 amide bonds. The Bertz CT molecular complexity index is 1190. The van der Waals surface area contributed by atoms with Crippen molar-refractivity contribution in [2.45, 2.75) is 19.9 Å². The molecule has 0 radical (unpaired) electrons. The molecule has 0 unspecified atom stereocenters. The maximum Gasteiger partial charge on any atom is 0.184 e. The minimum Gasteiger partial charge on any atom is -0.356 e. The van der Waals surface area contributed by atoms with E-state index in [9.17, 15) is 9.65 Å². The average molecular weight is 457 g/mol. The van der Waals surface area contributed by atoms with Crippen LogP contribution >= 0.6 is 27.3 Å². The van der Waals surface area contributed by atoms with Crippen LogP contribution in [0.5, 0.6) is 0 Å². The number of hydrogen-bond donors (Lipinski definition) is 1. The molecule has 4 rings (SSSR count). The molecule has 9 heteroatoms. The van der Waals surface area contributed by atoms with Gasteiger partial charge < -0.3 is 5.32 Å². The molecule has 0 atom stereocenters. The van der Waals surface area contributed by atoms with Crippen LogP contribution in [0, 0.1) is 17.1 Å². The van der Waals surface area contributed by atoms with Crippen LogP contribution in [0.15, 0.2) is 41.3 Å². The first kappa shape index (κ1) is 18.5. The highest BCUT2D eigenvalue weighted by Crippen LogP contribution is 2.31. The lowest BCUT2D eigenvalue weighted by molar-refractivity contribution is 0.628. The Labute approximate surface area is 172 Å². The summed E-state index contributed by atoms with van der Waals surface area (Å²) in [6.45, 7) is 2.56. The highest BCUT2D eigenvalue weighted by molar-refractivity contribution is 9.10. The van der Waals surface area contributed by atoms with E-state index in [1.54, 1.807) is 18.3 Å². The van der Waals surface area contributed by atoms with Gasteiger partial charge in [-0.05, 0) is 46.6 Å². The smallest absolute Gasteiger partial charge is 0.184 e. The van der Waals surface area contributed by atoms with Gasteiger partial charge in [-0.3, -0.25) is 4.40 Å². The molecule has 1 aromatic carbocycles. The van der Waals surface area contributed by atoms with Crippen molar-refractivity contribution in [1.82, 2.24) is 19.4 Å². The number of anilines is 1. The fraction of sp³-hybridized carbons (Fsp3) is 0.158. The third-order valence-electron chi connectivity index (χ3n) is 4.25. The van der Waals surface area contributed by atoms with Crippen molar-refractivity contribution >= 4 is 38.0 Å². The van der Waals surface area contributed by atoms with Crippen LogP contribution < -0.4 is 5.32 Å². The van der Waals surface area contributed by atoms with E-state index in [0.717, 1.165) is 28.1 Å². The number of fused-ring (bicyclic) bond motifs is 1. The van der Waals surface area contributed by atoms with E-state index < -0.39 is 0 Å². The van der Waals surface area contributed by atoms with Crippen molar-refractivity contribution in [2.24, 2.45) is 0 Å². The summed E-state index contributed by atoms with van der Waals surface area (Å²) in [6, 6.07) is 8.14. The molecule has 28 heavy (non-hydrogen) atoms. The van der Waals surface area contributed by atoms with Crippen molar-refractivity contribution < 1.29 is 4.39 Å². The summed E-state index contributed by atoms with van der Waals surface area (Å²) in [5.41, 5.74) is 4.03. The quantitative estimate of drug-likeness (QED) is 0.466. The standard InChI is InChI=1S/C19H14BrFN6S/c1-2-13-14(27-10-16(20)23-9-17(27)25-13)8-24-19-26-18(15(7-22)28-19)11-3-5-12(21)6-4-11/h3-6,9-10H,2,8H2,1H3,(H,24,26). The van der Waals surface area contributed by atoms with Crippen LogP contribution in [0.3, 0.4) is 0 Å². The maximum absolute atomic E-state index is 13.2. The number of benzene rings is 1. The first-order valence-corrected chi connectivity index (χ1v) is 10.1. The molecular weight excluding hydrogens is 443 g/mol. The SMILES string of the molecule is CCc1nc2cnc(Br)cn2c1CNc1nc(-c2ccc(F)cc2)c(C#N)s1. The van der Waals surface area contributed by atoms with Crippen molar-refractivity contribution in [3.05, 3.63) is 63.3 Å². The van der Waals surface area contributed by atoms with E-state index in [-0.39, 0.29) is 5.82 Å². The van der Waals surface area contributed by atoms with E-state index >= 15 is 0 Å². The fourth-order valence-corrected chi connectivity index (χ4v) is 4.02. The van der Waals surface area contributed by atoms with E-state index in [1.807, 2.05) is 10.6 Å². The van der Waals surface area contributed by atoms with Crippen molar-refractivity contribution in [3.63, 3.8) is 0 Å². The molecular formula is C19H14BrFN6S. The number of nitriles is 1. The monoisotopic (exact) mass is 456 g/mol. The molecule has 140 valence electrons. The van der Waals surface area contributed by atoms with Gasteiger partial charge in [0.1, 0.15) is 27.1 Å². The van der Waals surface area contributed by atoms with Gasteiger partial charge >= 0.3 is 0 Å². The van der Waals surface area contributed by atoms with Gasteiger partial charge in [0.25, 0.3) is 0 Å². The number of hydrogen-bond acceptors (Lipinski definition) is 6. The van der Waals surface area contributed by atoms with Gasteiger partial charge in [0.15, 0.2) is 10.8 Å². The minimum absolute atomic E-state index is 0.323. The third kappa shape index (κ3) is 3.48. The second-order valence-corrected chi connectivity index (χ2v) is 7.78. The summed E-state index contributed by atoms with van der Waals surface area (Å²) in [4.78, 5) is 13.9. The summed E-state index contributed by atoms with van der Waals surface area (Å²) >= 11 is 4.67. The molecule has 0 saturated carbocycles. The van der Waals surface area contributed by atoms with Crippen LogP contribution in [0.4, 0.5) is 9.52 Å². The van der Waals surface area contributed by atoms with Crippen LogP contribution in [0.2, 0.25) is 0 Å². The summed E-state index contributed by atoms with van der Waals surface area (Å²) in [7, 11) is 0. The van der Waals surface area contributed by atoms with Crippen molar-refractivity contribution in [2.75, 3.05) is 5.32 Å². The van der Waals surface area contributed by atoms with E-state index in [1.165, 1.54) is 23.5 Å². The fourth-order valence-electron chi connectivity index (χ4n) is 2.93. The van der Waals surface area contributed by atoms with Crippen LogP contribution in [0.1, 0.15) is 23.2 Å². The molecule has 0 fully saturated rings. The molecule has 4 aromatic rings. The van der Waals surface area contributed by atoms with E-state index in [4.69, 9.17) is 0 Å². The second-order valence-electron chi connectivity index (χ2n) is 5.97. The van der Waals surface area contributed by atoms with Gasteiger partial charge in [0.05, 0.1) is 24.1 Å². The van der Waals surface area contributed by atoms with Crippen molar-refractivity contribution in [3.8, 4) is 17.3 Å². The number of nitrogens with one attached hydrogen (secondary N) is 1. The number of halogens is 2. The van der Waals surface area contributed by atoms with Gasteiger partial charge in [-0.2, -0.15) is 5.26 Å². The average Bonchev–Trinajstić information content (AvgIpc) is 3.27. The molecule has 3 aromatic heterocycles. The first-order valence-electron chi connectivity index (χ1n) is 8.51. The third-order valence-corrected chi connectivity index (χ3v) is 5.57. The number of rotatable bonds is 5. The number of thiazole rings is 1. The Morgan fingerprint density at radius 2 is 2.07 bits per heavy atom. The summed E-state index contributed by atoms with van der Waals surface area (Å²) in [6.07, 6.45) is 4.39. The van der Waals surface area contributed by atoms with Gasteiger partial charge in [0, 0.05) is 11.8 Å². The number of imidazole rings is 1. The van der Waals surface area contributed by atoms with Crippen molar-refractivity contribution in [1.29, 1.82) is 5.26 Å². The molecule has 1 N–H and O–H groups in total. The predicted molar refractivity (Wildman–Crippen MR) is 110 cm³/mol. The lowest BCUT2D eigenvalue weighted by Crippen LogP contribution is -2.05. The highest BCUT2D eigenvalue weighted by atomic mass is 79.9. The second kappa shape index (κ2) is 7.66. The maximum atomic E-state index is 13.2. The lowest BCUT2D eigenvalue weighted by atomic mass is 10.1.